The lowest BCUT2D eigenvalue weighted by Crippen LogP contribution is -2.37. The molecule has 6 heteroatoms. The van der Waals surface area contributed by atoms with Crippen LogP contribution in [0.4, 0.5) is 0 Å². The summed E-state index contributed by atoms with van der Waals surface area (Å²) >= 11 is 3.41. The summed E-state index contributed by atoms with van der Waals surface area (Å²) in [5.74, 6) is 1.86. The zero-order chi connectivity index (χ0) is 14.8. The molecule has 0 amide bonds. The molecule has 0 spiro atoms. The molecule has 1 aromatic heterocycles. The van der Waals surface area contributed by atoms with Gasteiger partial charge in [-0.1, -0.05) is 0 Å². The maximum Gasteiger partial charge on any atom is 0.176 e. The number of hydrogen-bond donors (Lipinski definition) is 0. The highest BCUT2D eigenvalue weighted by atomic mass is 79.9. The Hall–Kier alpha value is -1.66. The molecule has 3 rings (SSSR count). The molecular weight excluding hydrogens is 334 g/mol. The van der Waals surface area contributed by atoms with Crippen LogP contribution in [0, 0.1) is 0 Å². The molecule has 21 heavy (non-hydrogen) atoms. The number of aromatic nitrogens is 2. The van der Waals surface area contributed by atoms with Crippen molar-refractivity contribution in [3.05, 3.63) is 46.5 Å². The third-order valence-electron chi connectivity index (χ3n) is 3.66. The average molecular weight is 350 g/mol. The van der Waals surface area contributed by atoms with Crippen LogP contribution in [0.1, 0.15) is 16.2 Å². The van der Waals surface area contributed by atoms with E-state index in [4.69, 9.17) is 4.74 Å². The monoisotopic (exact) mass is 349 g/mol. The molecule has 0 unspecified atom stereocenters. The smallest absolute Gasteiger partial charge is 0.176 e. The number of methoxy groups -OCH3 is 1. The van der Waals surface area contributed by atoms with Gasteiger partial charge < -0.3 is 9.30 Å². The topological polar surface area (TPSA) is 47.4 Å². The summed E-state index contributed by atoms with van der Waals surface area (Å²) in [6, 6.07) is 5.42. The second-order valence-corrected chi connectivity index (χ2v) is 5.87. The van der Waals surface area contributed by atoms with Gasteiger partial charge in [-0.3, -0.25) is 9.69 Å². The normalized spacial score (nSPS) is 14.8. The molecule has 0 bridgehead atoms. The summed E-state index contributed by atoms with van der Waals surface area (Å²) in [5, 5.41) is 0. The zero-order valence-corrected chi connectivity index (χ0v) is 13.3. The van der Waals surface area contributed by atoms with Crippen molar-refractivity contribution in [2.24, 2.45) is 0 Å². The molecule has 0 atom stereocenters. The van der Waals surface area contributed by atoms with Gasteiger partial charge in [0, 0.05) is 31.0 Å². The number of carbonyl (C=O) groups is 1. The van der Waals surface area contributed by atoms with Crippen molar-refractivity contribution in [2.75, 3.05) is 20.2 Å². The number of Topliss-reactive ketones (excluding diaryl/α,β-unsaturated/α-hetero) is 1. The largest absolute Gasteiger partial charge is 0.496 e. The molecular formula is C15H16BrN3O2. The molecule has 0 saturated heterocycles. The Bertz CT molecular complexity index is 669. The molecule has 0 N–H and O–H groups in total. The average Bonchev–Trinajstić information content (AvgIpc) is 2.94. The van der Waals surface area contributed by atoms with Crippen LogP contribution in [0.25, 0.3) is 0 Å². The number of carbonyl (C=O) groups excluding carboxylic acids is 1. The van der Waals surface area contributed by atoms with Gasteiger partial charge in [-0.15, -0.1) is 0 Å². The van der Waals surface area contributed by atoms with Crippen molar-refractivity contribution >= 4 is 21.7 Å². The molecule has 110 valence electrons. The number of ketones is 1. The summed E-state index contributed by atoms with van der Waals surface area (Å²) in [6.45, 7) is 2.88. The van der Waals surface area contributed by atoms with Crippen LogP contribution >= 0.6 is 15.9 Å². The van der Waals surface area contributed by atoms with Crippen LogP contribution in [-0.4, -0.2) is 40.4 Å². The standard InChI is InChI=1S/C15H16BrN3O2/c1-21-14-3-2-11(8-12(14)16)13(20)9-18-6-7-19-5-4-17-15(19)10-18/h2-5,8H,6-7,9-10H2,1H3. The fourth-order valence-corrected chi connectivity index (χ4v) is 3.03. The van der Waals surface area contributed by atoms with Crippen LogP contribution in [0.5, 0.6) is 5.75 Å². The van der Waals surface area contributed by atoms with E-state index in [-0.39, 0.29) is 5.78 Å². The van der Waals surface area contributed by atoms with Gasteiger partial charge in [0.25, 0.3) is 0 Å². The molecule has 5 nitrogen and oxygen atoms in total. The second-order valence-electron chi connectivity index (χ2n) is 5.02. The fourth-order valence-electron chi connectivity index (χ4n) is 2.49. The van der Waals surface area contributed by atoms with Crippen molar-refractivity contribution in [3.8, 4) is 5.75 Å². The van der Waals surface area contributed by atoms with Crippen LogP contribution < -0.4 is 4.74 Å². The molecule has 1 aromatic carbocycles. The number of benzene rings is 1. The Morgan fingerprint density at radius 2 is 2.29 bits per heavy atom. The van der Waals surface area contributed by atoms with Gasteiger partial charge in [0.1, 0.15) is 11.6 Å². The third kappa shape index (κ3) is 3.01. The number of fused-ring (bicyclic) bond motifs is 1. The number of ether oxygens (including phenoxy) is 1. The fraction of sp³-hybridized carbons (Fsp3) is 0.333. The molecule has 2 aromatic rings. The predicted octanol–water partition coefficient (Wildman–Crippen LogP) is 2.35. The number of halogens is 1. The summed E-state index contributed by atoms with van der Waals surface area (Å²) < 4.78 is 8.11. The van der Waals surface area contributed by atoms with Crippen LogP contribution in [-0.2, 0) is 13.1 Å². The van der Waals surface area contributed by atoms with E-state index >= 15 is 0 Å². The van der Waals surface area contributed by atoms with E-state index in [0.29, 0.717) is 12.1 Å². The SMILES string of the molecule is COc1ccc(C(=O)CN2CCn3ccnc3C2)cc1Br. The molecule has 0 fully saturated rings. The van der Waals surface area contributed by atoms with Crippen molar-refractivity contribution in [1.29, 1.82) is 0 Å². The minimum Gasteiger partial charge on any atom is -0.496 e. The molecule has 0 saturated carbocycles. The minimum absolute atomic E-state index is 0.110. The van der Waals surface area contributed by atoms with E-state index < -0.39 is 0 Å². The Kier molecular flexibility index (Phi) is 4.07. The lowest BCUT2D eigenvalue weighted by atomic mass is 10.1. The number of imidazole rings is 1. The van der Waals surface area contributed by atoms with Gasteiger partial charge in [0.2, 0.25) is 0 Å². The van der Waals surface area contributed by atoms with E-state index in [1.165, 1.54) is 0 Å². The van der Waals surface area contributed by atoms with Gasteiger partial charge in [-0.05, 0) is 34.1 Å². The molecule has 1 aliphatic rings. The van der Waals surface area contributed by atoms with Crippen LogP contribution in [0.2, 0.25) is 0 Å². The highest BCUT2D eigenvalue weighted by Gasteiger charge is 2.19. The quantitative estimate of drug-likeness (QED) is 0.795. The highest BCUT2D eigenvalue weighted by Crippen LogP contribution is 2.25. The first-order chi connectivity index (χ1) is 10.2. The Balaban J connectivity index is 1.68. The summed E-state index contributed by atoms with van der Waals surface area (Å²) in [7, 11) is 1.61. The molecule has 0 radical (unpaired) electrons. The number of hydrogen-bond acceptors (Lipinski definition) is 4. The molecule has 1 aliphatic heterocycles. The summed E-state index contributed by atoms with van der Waals surface area (Å²) in [6.07, 6.45) is 3.79. The van der Waals surface area contributed by atoms with Crippen molar-refractivity contribution in [3.63, 3.8) is 0 Å². The highest BCUT2D eigenvalue weighted by molar-refractivity contribution is 9.10. The van der Waals surface area contributed by atoms with Gasteiger partial charge in [0.05, 0.1) is 24.7 Å². The lowest BCUT2D eigenvalue weighted by Gasteiger charge is -2.26. The van der Waals surface area contributed by atoms with E-state index in [1.54, 1.807) is 25.4 Å². The first-order valence-corrected chi connectivity index (χ1v) is 7.56. The first kappa shape index (κ1) is 14.3. The second kappa shape index (κ2) is 5.99. The number of rotatable bonds is 4. The van der Waals surface area contributed by atoms with Crippen molar-refractivity contribution in [1.82, 2.24) is 14.5 Å². The van der Waals surface area contributed by atoms with Gasteiger partial charge >= 0.3 is 0 Å². The molecule has 0 aliphatic carbocycles. The first-order valence-electron chi connectivity index (χ1n) is 6.76. The lowest BCUT2D eigenvalue weighted by molar-refractivity contribution is 0.0908. The maximum absolute atomic E-state index is 12.4. The van der Waals surface area contributed by atoms with E-state index in [1.807, 2.05) is 12.3 Å². The predicted molar refractivity (Wildman–Crippen MR) is 82.5 cm³/mol. The van der Waals surface area contributed by atoms with Crippen molar-refractivity contribution < 1.29 is 9.53 Å². The molecule has 2 heterocycles. The van der Waals surface area contributed by atoms with Crippen LogP contribution in [0.15, 0.2) is 35.1 Å². The maximum atomic E-state index is 12.4. The van der Waals surface area contributed by atoms with Gasteiger partial charge in [-0.2, -0.15) is 0 Å². The Labute approximate surface area is 131 Å². The zero-order valence-electron chi connectivity index (χ0n) is 11.8. The minimum atomic E-state index is 0.110. The summed E-state index contributed by atoms with van der Waals surface area (Å²) in [5.41, 5.74) is 0.691. The summed E-state index contributed by atoms with van der Waals surface area (Å²) in [4.78, 5) is 18.8. The Morgan fingerprint density at radius 1 is 1.43 bits per heavy atom. The van der Waals surface area contributed by atoms with E-state index in [9.17, 15) is 4.79 Å². The van der Waals surface area contributed by atoms with Gasteiger partial charge in [-0.25, -0.2) is 4.98 Å². The van der Waals surface area contributed by atoms with Crippen molar-refractivity contribution in [2.45, 2.75) is 13.1 Å². The van der Waals surface area contributed by atoms with E-state index in [2.05, 4.69) is 30.4 Å². The van der Waals surface area contributed by atoms with E-state index in [0.717, 1.165) is 35.7 Å². The Morgan fingerprint density at radius 3 is 3.05 bits per heavy atom. The van der Waals surface area contributed by atoms with Gasteiger partial charge in [0.15, 0.2) is 5.78 Å². The number of nitrogens with zero attached hydrogens (tertiary/aromatic N) is 3. The van der Waals surface area contributed by atoms with Crippen LogP contribution in [0.3, 0.4) is 0 Å². The third-order valence-corrected chi connectivity index (χ3v) is 4.28.